The molecule has 1 aliphatic carbocycles. The van der Waals surface area contributed by atoms with Crippen LogP contribution in [0.4, 0.5) is 5.95 Å². The van der Waals surface area contributed by atoms with Gasteiger partial charge in [-0.2, -0.15) is 4.98 Å². The van der Waals surface area contributed by atoms with Crippen molar-refractivity contribution in [1.82, 2.24) is 14.5 Å². The fourth-order valence-corrected chi connectivity index (χ4v) is 2.70. The zero-order chi connectivity index (χ0) is 15.9. The lowest BCUT2D eigenvalue weighted by Crippen LogP contribution is -2.34. The van der Waals surface area contributed by atoms with Crippen LogP contribution in [-0.2, 0) is 0 Å². The van der Waals surface area contributed by atoms with Crippen LogP contribution in [0.3, 0.4) is 0 Å². The second-order valence-electron chi connectivity index (χ2n) is 5.88. The highest BCUT2D eigenvalue weighted by Gasteiger charge is 2.32. The van der Waals surface area contributed by atoms with Crippen molar-refractivity contribution in [3.63, 3.8) is 0 Å². The van der Waals surface area contributed by atoms with E-state index in [1.165, 1.54) is 0 Å². The first-order valence-electron chi connectivity index (χ1n) is 7.59. The first-order valence-corrected chi connectivity index (χ1v) is 7.59. The average Bonchev–Trinajstić information content (AvgIpc) is 2.94. The number of nitrogen functional groups attached to an aromatic ring is 1. The van der Waals surface area contributed by atoms with E-state index in [9.17, 15) is 5.11 Å². The first kappa shape index (κ1) is 13.8. The molecule has 5 nitrogen and oxygen atoms in total. The summed E-state index contributed by atoms with van der Waals surface area (Å²) in [5.41, 5.74) is 7.48. The molecular weight excluding hydrogens is 288 g/mol. The smallest absolute Gasteiger partial charge is 0.221 e. The minimum atomic E-state index is -0.794. The third kappa shape index (κ3) is 2.54. The Balaban J connectivity index is 1.74. The van der Waals surface area contributed by atoms with Gasteiger partial charge in [0.1, 0.15) is 11.2 Å². The maximum atomic E-state index is 10.1. The van der Waals surface area contributed by atoms with E-state index in [-0.39, 0.29) is 5.95 Å². The second kappa shape index (κ2) is 5.11. The van der Waals surface area contributed by atoms with Gasteiger partial charge in [0.2, 0.25) is 5.95 Å². The van der Waals surface area contributed by atoms with Gasteiger partial charge in [0, 0.05) is 29.0 Å². The van der Waals surface area contributed by atoms with Crippen molar-refractivity contribution in [2.45, 2.75) is 24.9 Å². The fraction of sp³-hybridized carbons (Fsp3) is 0.222. The predicted molar refractivity (Wildman–Crippen MR) is 89.0 cm³/mol. The summed E-state index contributed by atoms with van der Waals surface area (Å²) < 4.78 is 1.95. The topological polar surface area (TPSA) is 77.0 Å². The van der Waals surface area contributed by atoms with Gasteiger partial charge in [-0.05, 0) is 43.5 Å². The van der Waals surface area contributed by atoms with Crippen molar-refractivity contribution < 1.29 is 5.11 Å². The van der Waals surface area contributed by atoms with Crippen molar-refractivity contribution in [3.05, 3.63) is 48.3 Å². The number of fused-ring (bicyclic) bond motifs is 1. The maximum absolute atomic E-state index is 10.1. The van der Waals surface area contributed by atoms with E-state index in [1.54, 1.807) is 6.20 Å². The van der Waals surface area contributed by atoms with Crippen molar-refractivity contribution in [2.75, 3.05) is 5.73 Å². The van der Waals surface area contributed by atoms with E-state index in [4.69, 9.17) is 5.73 Å². The molecule has 5 heteroatoms. The van der Waals surface area contributed by atoms with E-state index in [1.807, 2.05) is 41.1 Å². The van der Waals surface area contributed by atoms with Crippen molar-refractivity contribution in [2.24, 2.45) is 0 Å². The van der Waals surface area contributed by atoms with Crippen LogP contribution < -0.4 is 5.73 Å². The number of rotatable bonds is 1. The van der Waals surface area contributed by atoms with E-state index in [0.29, 0.717) is 0 Å². The molecule has 4 rings (SSSR count). The van der Waals surface area contributed by atoms with Gasteiger partial charge in [-0.1, -0.05) is 17.9 Å². The predicted octanol–water partition coefficient (Wildman–Crippen LogP) is 2.27. The van der Waals surface area contributed by atoms with Crippen LogP contribution in [0.15, 0.2) is 42.7 Å². The third-order valence-electron chi connectivity index (χ3n) is 4.19. The highest BCUT2D eigenvalue weighted by molar-refractivity contribution is 5.78. The monoisotopic (exact) mass is 304 g/mol. The van der Waals surface area contributed by atoms with Gasteiger partial charge in [-0.15, -0.1) is 0 Å². The molecule has 0 atom stereocenters. The number of anilines is 1. The van der Waals surface area contributed by atoms with E-state index < -0.39 is 5.60 Å². The molecule has 1 saturated carbocycles. The molecule has 0 unspecified atom stereocenters. The van der Waals surface area contributed by atoms with E-state index in [2.05, 4.69) is 21.8 Å². The maximum Gasteiger partial charge on any atom is 0.221 e. The molecule has 0 saturated heterocycles. The van der Waals surface area contributed by atoms with Gasteiger partial charge in [0.05, 0.1) is 0 Å². The van der Waals surface area contributed by atoms with E-state index >= 15 is 0 Å². The zero-order valence-corrected chi connectivity index (χ0v) is 12.5. The first-order chi connectivity index (χ1) is 11.1. The highest BCUT2D eigenvalue weighted by Crippen LogP contribution is 2.30. The lowest BCUT2D eigenvalue weighted by Gasteiger charge is -2.30. The molecule has 0 spiro atoms. The summed E-state index contributed by atoms with van der Waals surface area (Å²) in [4.78, 5) is 8.31. The number of nitrogens with zero attached hydrogens (tertiary/aromatic N) is 3. The molecule has 1 aliphatic rings. The third-order valence-corrected chi connectivity index (χ3v) is 4.19. The number of aliphatic hydroxyl groups is 1. The summed E-state index contributed by atoms with van der Waals surface area (Å²) >= 11 is 0. The minimum Gasteiger partial charge on any atom is -0.378 e. The van der Waals surface area contributed by atoms with Crippen LogP contribution in [0.25, 0.3) is 16.7 Å². The molecular formula is C18H16N4O. The molecule has 3 aromatic rings. The SMILES string of the molecule is Nc1ncc2ccn(-c3cccc(C#CC4(O)CCC4)c3)c2n1. The molecule has 0 aliphatic heterocycles. The largest absolute Gasteiger partial charge is 0.378 e. The molecule has 1 fully saturated rings. The van der Waals surface area contributed by atoms with Gasteiger partial charge in [-0.25, -0.2) is 4.98 Å². The lowest BCUT2D eigenvalue weighted by molar-refractivity contribution is 0.0240. The zero-order valence-electron chi connectivity index (χ0n) is 12.5. The molecule has 0 radical (unpaired) electrons. The molecule has 23 heavy (non-hydrogen) atoms. The lowest BCUT2D eigenvalue weighted by atomic mass is 9.81. The van der Waals surface area contributed by atoms with E-state index in [0.717, 1.165) is 41.5 Å². The van der Waals surface area contributed by atoms with Crippen molar-refractivity contribution in [3.8, 4) is 17.5 Å². The average molecular weight is 304 g/mol. The molecule has 2 aromatic heterocycles. The summed E-state index contributed by atoms with van der Waals surface area (Å²) in [6.45, 7) is 0. The Morgan fingerprint density at radius 3 is 2.91 bits per heavy atom. The Hall–Kier alpha value is -2.84. The Bertz CT molecular complexity index is 944. The van der Waals surface area contributed by atoms with Crippen molar-refractivity contribution in [1.29, 1.82) is 0 Å². The highest BCUT2D eigenvalue weighted by atomic mass is 16.3. The van der Waals surface area contributed by atoms with Crippen LogP contribution in [-0.4, -0.2) is 25.2 Å². The second-order valence-corrected chi connectivity index (χ2v) is 5.88. The van der Waals surface area contributed by atoms with Gasteiger partial charge >= 0.3 is 0 Å². The minimum absolute atomic E-state index is 0.251. The Kier molecular flexibility index (Phi) is 3.07. The molecule has 0 bridgehead atoms. The Morgan fingerprint density at radius 2 is 2.13 bits per heavy atom. The molecule has 0 amide bonds. The molecule has 2 heterocycles. The number of hydrogen-bond donors (Lipinski definition) is 2. The Morgan fingerprint density at radius 1 is 1.26 bits per heavy atom. The number of nitrogens with two attached hydrogens (primary N) is 1. The van der Waals surface area contributed by atoms with Crippen LogP contribution in [0.5, 0.6) is 0 Å². The Labute approximate surface area is 133 Å². The normalized spacial score (nSPS) is 15.7. The van der Waals surface area contributed by atoms with Gasteiger partial charge < -0.3 is 15.4 Å². The summed E-state index contributed by atoms with van der Waals surface area (Å²) in [6.07, 6.45) is 6.21. The quantitative estimate of drug-likeness (QED) is 0.676. The van der Waals surface area contributed by atoms with Crippen molar-refractivity contribution >= 4 is 17.0 Å². The summed E-state index contributed by atoms with van der Waals surface area (Å²) in [5.74, 6) is 6.31. The number of benzene rings is 1. The summed E-state index contributed by atoms with van der Waals surface area (Å²) in [5, 5.41) is 11.0. The van der Waals surface area contributed by atoms with Crippen LogP contribution >= 0.6 is 0 Å². The summed E-state index contributed by atoms with van der Waals surface area (Å²) in [6, 6.07) is 9.80. The number of aromatic nitrogens is 3. The molecule has 3 N–H and O–H groups in total. The molecule has 114 valence electrons. The van der Waals surface area contributed by atoms with Crippen LogP contribution in [0, 0.1) is 11.8 Å². The fourth-order valence-electron chi connectivity index (χ4n) is 2.70. The standard InChI is InChI=1S/C18H16N4O/c19-17-20-12-14-6-10-22(16(14)21-17)15-4-1-3-13(11-15)5-9-18(23)7-2-8-18/h1,3-4,6,10-12,23H,2,7-8H2,(H2,19,20,21). The van der Waals surface area contributed by atoms with Gasteiger partial charge in [-0.3, -0.25) is 0 Å². The summed E-state index contributed by atoms with van der Waals surface area (Å²) in [7, 11) is 0. The van der Waals surface area contributed by atoms with Gasteiger partial charge in [0.15, 0.2) is 0 Å². The molecule has 1 aromatic carbocycles. The van der Waals surface area contributed by atoms with Crippen LogP contribution in [0.2, 0.25) is 0 Å². The van der Waals surface area contributed by atoms with Gasteiger partial charge in [0.25, 0.3) is 0 Å². The van der Waals surface area contributed by atoms with Crippen LogP contribution in [0.1, 0.15) is 24.8 Å². The number of hydrogen-bond acceptors (Lipinski definition) is 4.